The van der Waals surface area contributed by atoms with Crippen molar-refractivity contribution in [2.75, 3.05) is 20.6 Å². The minimum absolute atomic E-state index is 0.144. The van der Waals surface area contributed by atoms with Gasteiger partial charge >= 0.3 is 5.69 Å². The van der Waals surface area contributed by atoms with Crippen LogP contribution in [0.15, 0.2) is 28.0 Å². The van der Waals surface area contributed by atoms with E-state index >= 15 is 0 Å². The second kappa shape index (κ2) is 6.72. The number of rotatable bonds is 4. The maximum atomic E-state index is 13.4. The van der Waals surface area contributed by atoms with Crippen molar-refractivity contribution in [2.24, 2.45) is 0 Å². The first-order valence-corrected chi connectivity index (χ1v) is 9.34. The number of hydrogen-bond acceptors (Lipinski definition) is 4. The molecule has 3 aromatic heterocycles. The van der Waals surface area contributed by atoms with Crippen LogP contribution in [0, 0.1) is 0 Å². The number of H-pyrrole nitrogens is 1. The third-order valence-corrected chi connectivity index (χ3v) is 5.42. The van der Waals surface area contributed by atoms with E-state index in [0.717, 1.165) is 36.6 Å². The standard InChI is InChI=1S/C19H25N5O2/c1-22(2)10-11-23-18(25)15-12-21-17-14(8-9-20-17)16(15)24(19(23)26)13-6-4-3-5-7-13/h8-9,12-13H,3-7,10-11H2,1-2H3,(H,20,21). The molecule has 1 saturated carbocycles. The van der Waals surface area contributed by atoms with Crippen molar-refractivity contribution < 1.29 is 0 Å². The molecule has 0 bridgehead atoms. The van der Waals surface area contributed by atoms with Crippen LogP contribution in [0.1, 0.15) is 38.1 Å². The van der Waals surface area contributed by atoms with Gasteiger partial charge in [-0.1, -0.05) is 19.3 Å². The molecular formula is C19H25N5O2. The van der Waals surface area contributed by atoms with Gasteiger partial charge in [0.2, 0.25) is 0 Å². The van der Waals surface area contributed by atoms with Crippen LogP contribution in [0.5, 0.6) is 0 Å². The second-order valence-electron chi connectivity index (χ2n) is 7.46. The summed E-state index contributed by atoms with van der Waals surface area (Å²) >= 11 is 0. The summed E-state index contributed by atoms with van der Waals surface area (Å²) in [6.45, 7) is 1.03. The number of aromatic amines is 1. The fraction of sp³-hybridized carbons (Fsp3) is 0.526. The second-order valence-corrected chi connectivity index (χ2v) is 7.46. The first-order chi connectivity index (χ1) is 12.6. The Bertz CT molecular complexity index is 1050. The lowest BCUT2D eigenvalue weighted by Gasteiger charge is -2.26. The van der Waals surface area contributed by atoms with Gasteiger partial charge in [0.1, 0.15) is 5.65 Å². The largest absolute Gasteiger partial charge is 0.346 e. The van der Waals surface area contributed by atoms with Crippen LogP contribution in [0.4, 0.5) is 0 Å². The summed E-state index contributed by atoms with van der Waals surface area (Å²) in [5.74, 6) is 0. The van der Waals surface area contributed by atoms with Gasteiger partial charge in [-0.3, -0.25) is 13.9 Å². The molecule has 0 aliphatic heterocycles. The van der Waals surface area contributed by atoms with Crippen molar-refractivity contribution in [3.05, 3.63) is 39.3 Å². The van der Waals surface area contributed by atoms with E-state index in [2.05, 4.69) is 9.97 Å². The zero-order valence-electron chi connectivity index (χ0n) is 15.4. The molecule has 3 aromatic rings. The maximum absolute atomic E-state index is 13.4. The summed E-state index contributed by atoms with van der Waals surface area (Å²) in [5.41, 5.74) is 1.02. The predicted molar refractivity (Wildman–Crippen MR) is 103 cm³/mol. The molecule has 0 radical (unpaired) electrons. The van der Waals surface area contributed by atoms with Gasteiger partial charge < -0.3 is 9.88 Å². The summed E-state index contributed by atoms with van der Waals surface area (Å²) in [6.07, 6.45) is 8.84. The molecule has 0 atom stereocenters. The van der Waals surface area contributed by atoms with Crippen molar-refractivity contribution in [1.82, 2.24) is 24.0 Å². The molecule has 0 aromatic carbocycles. The Morgan fingerprint density at radius 3 is 2.69 bits per heavy atom. The Morgan fingerprint density at radius 1 is 1.19 bits per heavy atom. The fourth-order valence-electron chi connectivity index (χ4n) is 4.04. The highest BCUT2D eigenvalue weighted by atomic mass is 16.2. The number of nitrogens with one attached hydrogen (secondary N) is 1. The summed E-state index contributed by atoms with van der Waals surface area (Å²) < 4.78 is 3.26. The lowest BCUT2D eigenvalue weighted by Crippen LogP contribution is -2.43. The Morgan fingerprint density at radius 2 is 1.96 bits per heavy atom. The zero-order chi connectivity index (χ0) is 18.3. The van der Waals surface area contributed by atoms with E-state index < -0.39 is 0 Å². The molecule has 1 N–H and O–H groups in total. The molecule has 4 rings (SSSR count). The van der Waals surface area contributed by atoms with Crippen LogP contribution in [-0.2, 0) is 6.54 Å². The Labute approximate surface area is 151 Å². The molecule has 7 nitrogen and oxygen atoms in total. The van der Waals surface area contributed by atoms with E-state index in [1.807, 2.05) is 35.8 Å². The van der Waals surface area contributed by atoms with Crippen LogP contribution in [0.3, 0.4) is 0 Å². The Hall–Kier alpha value is -2.41. The van der Waals surface area contributed by atoms with E-state index in [0.29, 0.717) is 24.1 Å². The molecule has 1 aliphatic carbocycles. The van der Waals surface area contributed by atoms with Gasteiger partial charge in [-0.15, -0.1) is 0 Å². The average Bonchev–Trinajstić information content (AvgIpc) is 3.11. The number of nitrogens with zero attached hydrogens (tertiary/aromatic N) is 4. The van der Waals surface area contributed by atoms with Crippen molar-refractivity contribution in [1.29, 1.82) is 0 Å². The van der Waals surface area contributed by atoms with Crippen LogP contribution in [0.2, 0.25) is 0 Å². The molecule has 7 heteroatoms. The molecule has 1 fully saturated rings. The molecule has 0 unspecified atom stereocenters. The lowest BCUT2D eigenvalue weighted by molar-refractivity contribution is 0.334. The van der Waals surface area contributed by atoms with Crippen LogP contribution in [-0.4, -0.2) is 44.6 Å². The van der Waals surface area contributed by atoms with E-state index in [1.165, 1.54) is 11.0 Å². The molecule has 3 heterocycles. The molecular weight excluding hydrogens is 330 g/mol. The lowest BCUT2D eigenvalue weighted by atomic mass is 9.95. The van der Waals surface area contributed by atoms with Crippen LogP contribution in [0.25, 0.3) is 21.9 Å². The van der Waals surface area contributed by atoms with Crippen LogP contribution < -0.4 is 11.2 Å². The highest BCUT2D eigenvalue weighted by Crippen LogP contribution is 2.30. The quantitative estimate of drug-likeness (QED) is 0.778. The highest BCUT2D eigenvalue weighted by Gasteiger charge is 2.23. The molecule has 138 valence electrons. The third-order valence-electron chi connectivity index (χ3n) is 5.42. The van der Waals surface area contributed by atoms with E-state index in [-0.39, 0.29) is 17.3 Å². The minimum Gasteiger partial charge on any atom is -0.346 e. The molecule has 0 amide bonds. The van der Waals surface area contributed by atoms with Gasteiger partial charge in [0, 0.05) is 36.9 Å². The molecule has 26 heavy (non-hydrogen) atoms. The SMILES string of the molecule is CN(C)CCn1c(=O)c2cnc3[nH]ccc3c2n(C2CCCCC2)c1=O. The number of hydrogen-bond donors (Lipinski definition) is 1. The van der Waals surface area contributed by atoms with Crippen molar-refractivity contribution in [3.63, 3.8) is 0 Å². The number of pyridine rings is 1. The van der Waals surface area contributed by atoms with Gasteiger partial charge in [0.25, 0.3) is 5.56 Å². The van der Waals surface area contributed by atoms with Crippen molar-refractivity contribution >= 4 is 21.9 Å². The average molecular weight is 355 g/mol. The van der Waals surface area contributed by atoms with Gasteiger partial charge in [0.05, 0.1) is 10.9 Å². The van der Waals surface area contributed by atoms with Gasteiger partial charge in [-0.25, -0.2) is 9.78 Å². The fourth-order valence-corrected chi connectivity index (χ4v) is 4.04. The number of fused-ring (bicyclic) bond motifs is 3. The van der Waals surface area contributed by atoms with E-state index in [4.69, 9.17) is 0 Å². The summed E-state index contributed by atoms with van der Waals surface area (Å²) in [4.78, 5) is 35.9. The van der Waals surface area contributed by atoms with Crippen LogP contribution >= 0.6 is 0 Å². The van der Waals surface area contributed by atoms with Gasteiger partial charge in [-0.2, -0.15) is 0 Å². The minimum atomic E-state index is -0.241. The molecule has 0 saturated heterocycles. The number of aromatic nitrogens is 4. The summed E-state index contributed by atoms with van der Waals surface area (Å²) in [6, 6.07) is 2.05. The maximum Gasteiger partial charge on any atom is 0.331 e. The van der Waals surface area contributed by atoms with Crippen molar-refractivity contribution in [3.8, 4) is 0 Å². The first kappa shape index (κ1) is 17.0. The zero-order valence-corrected chi connectivity index (χ0v) is 15.4. The third kappa shape index (κ3) is 2.76. The Kier molecular flexibility index (Phi) is 4.40. The topological polar surface area (TPSA) is 75.9 Å². The van der Waals surface area contributed by atoms with E-state index in [9.17, 15) is 9.59 Å². The number of likely N-dealkylation sites (N-methyl/N-ethyl adjacent to an activating group) is 1. The van der Waals surface area contributed by atoms with Crippen molar-refractivity contribution in [2.45, 2.75) is 44.7 Å². The monoisotopic (exact) mass is 355 g/mol. The van der Waals surface area contributed by atoms with Gasteiger partial charge in [0.15, 0.2) is 0 Å². The molecule has 0 spiro atoms. The summed E-state index contributed by atoms with van der Waals surface area (Å²) in [7, 11) is 3.88. The smallest absolute Gasteiger partial charge is 0.331 e. The first-order valence-electron chi connectivity index (χ1n) is 9.34. The molecule has 1 aliphatic rings. The van der Waals surface area contributed by atoms with Gasteiger partial charge in [-0.05, 0) is 33.0 Å². The van der Waals surface area contributed by atoms with E-state index in [1.54, 1.807) is 6.20 Å². The normalized spacial score (nSPS) is 16.1. The predicted octanol–water partition coefficient (Wildman–Crippen LogP) is 2.11. The highest BCUT2D eigenvalue weighted by molar-refractivity contribution is 6.01. The Balaban J connectivity index is 2.04. The summed E-state index contributed by atoms with van der Waals surface area (Å²) in [5, 5.41) is 1.38.